The fourth-order valence-electron chi connectivity index (χ4n) is 3.51. The van der Waals surface area contributed by atoms with Crippen LogP contribution in [0.5, 0.6) is 0 Å². The maximum absolute atomic E-state index is 13.1. The number of nitrogens with two attached hydrogens (primary N) is 1. The molecule has 1 aliphatic heterocycles. The molecule has 0 unspecified atom stereocenters. The molecular formula is C21H29F2N5O4S. The molecule has 6 N–H and O–H groups in total. The van der Waals surface area contributed by atoms with Crippen molar-refractivity contribution in [3.8, 4) is 0 Å². The maximum Gasteiger partial charge on any atom is 0.319 e. The van der Waals surface area contributed by atoms with Crippen LogP contribution in [0.25, 0.3) is 0 Å². The lowest BCUT2D eigenvalue weighted by molar-refractivity contribution is 0.0771. The first kappa shape index (κ1) is 24.9. The second-order valence-corrected chi connectivity index (χ2v) is 11.3. The summed E-state index contributed by atoms with van der Waals surface area (Å²) in [7, 11) is -3.55. The van der Waals surface area contributed by atoms with Gasteiger partial charge in [-0.3, -0.25) is 0 Å². The van der Waals surface area contributed by atoms with Crippen molar-refractivity contribution < 1.29 is 27.1 Å². The van der Waals surface area contributed by atoms with Crippen LogP contribution >= 0.6 is 0 Å². The topological polar surface area (TPSA) is 146 Å². The molecule has 0 saturated heterocycles. The van der Waals surface area contributed by atoms with Crippen LogP contribution in [0.3, 0.4) is 0 Å². The van der Waals surface area contributed by atoms with Gasteiger partial charge < -0.3 is 26.8 Å². The van der Waals surface area contributed by atoms with E-state index in [-0.39, 0.29) is 18.0 Å². The Hall–Kier alpha value is -2.73. The molecular weight excluding hydrogens is 456 g/mol. The highest BCUT2D eigenvalue weighted by Gasteiger charge is 2.57. The van der Waals surface area contributed by atoms with Crippen molar-refractivity contribution in [2.45, 2.75) is 56.0 Å². The second-order valence-electron chi connectivity index (χ2n) is 8.88. The molecule has 12 heteroatoms. The number of halogens is 2. The van der Waals surface area contributed by atoms with Crippen LogP contribution in [0, 0.1) is 0 Å². The first-order valence-electron chi connectivity index (χ1n) is 10.5. The van der Waals surface area contributed by atoms with Gasteiger partial charge in [0.2, 0.25) is 0 Å². The highest BCUT2D eigenvalue weighted by molar-refractivity contribution is 7.93. The average molecular weight is 486 g/mol. The van der Waals surface area contributed by atoms with Crippen LogP contribution in [0.1, 0.15) is 44.8 Å². The number of amides is 2. The smallest absolute Gasteiger partial charge is 0.319 e. The van der Waals surface area contributed by atoms with Gasteiger partial charge in [0.25, 0.3) is 6.43 Å². The molecule has 1 aromatic rings. The number of sulfone groups is 1. The van der Waals surface area contributed by atoms with Gasteiger partial charge in [-0.15, -0.1) is 0 Å². The van der Waals surface area contributed by atoms with Crippen LogP contribution < -0.4 is 21.7 Å². The molecule has 1 aromatic carbocycles. The number of nitrogens with zero attached hydrogens (tertiary/aromatic N) is 1. The lowest BCUT2D eigenvalue weighted by Crippen LogP contribution is -2.40. The van der Waals surface area contributed by atoms with Crippen molar-refractivity contribution in [1.29, 1.82) is 0 Å². The zero-order valence-electron chi connectivity index (χ0n) is 18.4. The number of benzene rings is 1. The second kappa shape index (κ2) is 9.26. The van der Waals surface area contributed by atoms with Crippen LogP contribution in [0.2, 0.25) is 0 Å². The molecule has 0 aromatic heterocycles. The Morgan fingerprint density at radius 3 is 2.52 bits per heavy atom. The standard InChI is InChI=1S/C21H29F2N5O4S/c1-20(2,30)9-10-33(31,32)21(7-8-21)15-11-17(24)28-18(27-15)13-3-5-14(6-4-13)26-19(29)25-12-16(22)23/h3-6,11,16,18,27,30H,7-10,12H2,1-2H3,(H2,24,28)(H2,25,26,29)/t18-/m0/s1. The minimum atomic E-state index is -3.55. The van der Waals surface area contributed by atoms with Crippen molar-refractivity contribution in [2.24, 2.45) is 10.7 Å². The van der Waals surface area contributed by atoms with Gasteiger partial charge in [0.15, 0.2) is 9.84 Å². The minimum absolute atomic E-state index is 0.122. The molecule has 0 spiro atoms. The van der Waals surface area contributed by atoms with E-state index >= 15 is 0 Å². The third-order valence-electron chi connectivity index (χ3n) is 5.54. The van der Waals surface area contributed by atoms with E-state index in [0.29, 0.717) is 29.8 Å². The van der Waals surface area contributed by atoms with E-state index in [0.717, 1.165) is 0 Å². The number of hydrogen-bond acceptors (Lipinski definition) is 7. The number of aliphatic hydroxyl groups is 1. The van der Waals surface area contributed by atoms with E-state index in [9.17, 15) is 27.1 Å². The summed E-state index contributed by atoms with van der Waals surface area (Å²) in [4.78, 5) is 16.0. The van der Waals surface area contributed by atoms with Gasteiger partial charge in [0.05, 0.1) is 17.9 Å². The van der Waals surface area contributed by atoms with E-state index in [2.05, 4.69) is 15.6 Å². The van der Waals surface area contributed by atoms with Gasteiger partial charge in [0.1, 0.15) is 16.7 Å². The first-order chi connectivity index (χ1) is 15.3. The van der Waals surface area contributed by atoms with Crippen molar-refractivity contribution in [3.05, 3.63) is 41.6 Å². The summed E-state index contributed by atoms with van der Waals surface area (Å²) in [6, 6.07) is 5.74. The largest absolute Gasteiger partial charge is 0.390 e. The van der Waals surface area contributed by atoms with Gasteiger partial charge in [-0.2, -0.15) is 0 Å². The first-order valence-corrected chi connectivity index (χ1v) is 12.2. The summed E-state index contributed by atoms with van der Waals surface area (Å²) >= 11 is 0. The summed E-state index contributed by atoms with van der Waals surface area (Å²) in [6.45, 7) is 2.39. The van der Waals surface area contributed by atoms with E-state index in [1.54, 1.807) is 38.1 Å². The molecule has 2 aliphatic rings. The predicted molar refractivity (Wildman–Crippen MR) is 122 cm³/mol. The Kier molecular flexibility index (Phi) is 6.99. The number of alkyl halides is 2. The van der Waals surface area contributed by atoms with Gasteiger partial charge >= 0.3 is 6.03 Å². The molecule has 2 amide bonds. The van der Waals surface area contributed by atoms with Gasteiger partial charge in [-0.25, -0.2) is 27.0 Å². The molecule has 1 aliphatic carbocycles. The summed E-state index contributed by atoms with van der Waals surface area (Å²) < 4.78 is 49.5. The molecule has 1 fully saturated rings. The number of nitrogens with one attached hydrogen (secondary N) is 3. The normalized spacial score (nSPS) is 19.9. The summed E-state index contributed by atoms with van der Waals surface area (Å²) in [5.74, 6) is 0.0388. The fourth-order valence-corrected chi connectivity index (χ4v) is 5.85. The fraction of sp³-hybridized carbons (Fsp3) is 0.524. The van der Waals surface area contributed by atoms with Crippen LogP contribution in [-0.2, 0) is 9.84 Å². The Bertz CT molecular complexity index is 1050. The summed E-state index contributed by atoms with van der Waals surface area (Å²) in [5.41, 5.74) is 6.44. The number of urea groups is 1. The molecule has 0 radical (unpaired) electrons. The number of aliphatic imine (C=N–C) groups is 1. The molecule has 182 valence electrons. The maximum atomic E-state index is 13.1. The number of carbonyl (C=O) groups is 1. The number of carbonyl (C=O) groups excluding carboxylic acids is 1. The lowest BCUT2D eigenvalue weighted by Gasteiger charge is -2.29. The lowest BCUT2D eigenvalue weighted by atomic mass is 10.1. The molecule has 1 heterocycles. The number of anilines is 1. The van der Waals surface area contributed by atoms with Gasteiger partial charge in [0, 0.05) is 17.5 Å². The molecule has 1 atom stereocenters. The van der Waals surface area contributed by atoms with Crippen LogP contribution in [-0.4, -0.2) is 54.5 Å². The molecule has 0 bridgehead atoms. The van der Waals surface area contributed by atoms with Crippen molar-refractivity contribution in [3.63, 3.8) is 0 Å². The summed E-state index contributed by atoms with van der Waals surface area (Å²) in [6.07, 6.45) is -0.707. The van der Waals surface area contributed by atoms with E-state index in [1.807, 2.05) is 5.32 Å². The van der Waals surface area contributed by atoms with Crippen LogP contribution in [0.4, 0.5) is 19.3 Å². The highest BCUT2D eigenvalue weighted by Crippen LogP contribution is 2.50. The van der Waals surface area contributed by atoms with Crippen LogP contribution in [0.15, 0.2) is 41.0 Å². The highest BCUT2D eigenvalue weighted by atomic mass is 32.2. The van der Waals surface area contributed by atoms with Gasteiger partial charge in [-0.1, -0.05) is 12.1 Å². The average Bonchev–Trinajstić information content (AvgIpc) is 3.53. The Morgan fingerprint density at radius 1 is 1.33 bits per heavy atom. The summed E-state index contributed by atoms with van der Waals surface area (Å²) in [5, 5.41) is 17.6. The van der Waals surface area contributed by atoms with Gasteiger partial charge in [-0.05, 0) is 50.8 Å². The molecule has 3 rings (SSSR count). The third-order valence-corrected chi connectivity index (χ3v) is 8.10. The Morgan fingerprint density at radius 2 is 1.97 bits per heavy atom. The minimum Gasteiger partial charge on any atom is -0.390 e. The molecule has 9 nitrogen and oxygen atoms in total. The zero-order chi connectivity index (χ0) is 24.4. The van der Waals surface area contributed by atoms with E-state index < -0.39 is 45.4 Å². The number of rotatable bonds is 9. The monoisotopic (exact) mass is 485 g/mol. The molecule has 33 heavy (non-hydrogen) atoms. The number of hydrogen-bond donors (Lipinski definition) is 5. The third kappa shape index (κ3) is 6.20. The quantitative estimate of drug-likeness (QED) is 0.362. The Balaban J connectivity index is 1.70. The number of amidine groups is 1. The van der Waals surface area contributed by atoms with Crippen molar-refractivity contribution in [2.75, 3.05) is 17.6 Å². The Labute approximate surface area is 191 Å². The van der Waals surface area contributed by atoms with E-state index in [4.69, 9.17) is 5.73 Å². The van der Waals surface area contributed by atoms with Crippen molar-refractivity contribution in [1.82, 2.24) is 10.6 Å². The van der Waals surface area contributed by atoms with Crippen molar-refractivity contribution >= 4 is 27.4 Å². The SMILES string of the molecule is CC(C)(O)CCS(=O)(=O)C1(C2=CC(N)=N[C@@H](c3ccc(NC(=O)NCC(F)F)cc3)N2)CC1. The predicted octanol–water partition coefficient (Wildman–Crippen LogP) is 2.02. The molecule has 1 saturated carbocycles. The van der Waals surface area contributed by atoms with E-state index in [1.165, 1.54) is 6.08 Å². The zero-order valence-corrected chi connectivity index (χ0v) is 19.3.